The van der Waals surface area contributed by atoms with Crippen LogP contribution in [0.3, 0.4) is 0 Å². The molecule has 1 heterocycles. The maximum absolute atomic E-state index is 12.1. The molecule has 3 N–H and O–H groups in total. The molecule has 5 nitrogen and oxygen atoms in total. The number of urea groups is 1. The molecule has 2 amide bonds. The smallest absolute Gasteiger partial charge is 0.315 e. The third kappa shape index (κ3) is 6.52. The van der Waals surface area contributed by atoms with Crippen LogP contribution in [-0.2, 0) is 0 Å². The predicted octanol–water partition coefficient (Wildman–Crippen LogP) is 2.76. The SMILES string of the molecule is CC(C)=CCN1CCC(NC(=O)NC[C@H](O)c2ccccc2C)CC1. The molecule has 0 aromatic heterocycles. The number of carbonyl (C=O) groups excluding carboxylic acids is 1. The number of aliphatic hydroxyl groups excluding tert-OH is 1. The van der Waals surface area contributed by atoms with Gasteiger partial charge in [-0.25, -0.2) is 4.79 Å². The zero-order chi connectivity index (χ0) is 18.2. The molecule has 5 heteroatoms. The fourth-order valence-corrected chi connectivity index (χ4v) is 3.07. The molecule has 2 rings (SSSR count). The lowest BCUT2D eigenvalue weighted by atomic mass is 10.0. The van der Waals surface area contributed by atoms with Crippen molar-refractivity contribution in [3.8, 4) is 0 Å². The lowest BCUT2D eigenvalue weighted by molar-refractivity contribution is 0.169. The van der Waals surface area contributed by atoms with Crippen LogP contribution >= 0.6 is 0 Å². The van der Waals surface area contributed by atoms with Gasteiger partial charge in [0, 0.05) is 32.2 Å². The number of carbonyl (C=O) groups is 1. The van der Waals surface area contributed by atoms with Gasteiger partial charge >= 0.3 is 6.03 Å². The van der Waals surface area contributed by atoms with E-state index in [9.17, 15) is 9.90 Å². The number of hydrogen-bond acceptors (Lipinski definition) is 3. The molecule has 138 valence electrons. The topological polar surface area (TPSA) is 64.6 Å². The van der Waals surface area contributed by atoms with Crippen molar-refractivity contribution in [1.29, 1.82) is 0 Å². The largest absolute Gasteiger partial charge is 0.387 e. The lowest BCUT2D eigenvalue weighted by Crippen LogP contribution is -2.48. The van der Waals surface area contributed by atoms with E-state index in [4.69, 9.17) is 0 Å². The second-order valence-electron chi connectivity index (χ2n) is 7.08. The van der Waals surface area contributed by atoms with E-state index in [0.717, 1.165) is 43.6 Å². The first-order valence-electron chi connectivity index (χ1n) is 9.09. The molecule has 0 unspecified atom stereocenters. The number of nitrogens with one attached hydrogen (secondary N) is 2. The van der Waals surface area contributed by atoms with E-state index in [1.54, 1.807) is 0 Å². The van der Waals surface area contributed by atoms with E-state index in [-0.39, 0.29) is 18.6 Å². The zero-order valence-corrected chi connectivity index (χ0v) is 15.6. The van der Waals surface area contributed by atoms with Crippen molar-refractivity contribution in [1.82, 2.24) is 15.5 Å². The Kier molecular flexibility index (Phi) is 7.47. The van der Waals surface area contributed by atoms with E-state index in [2.05, 4.69) is 35.5 Å². The summed E-state index contributed by atoms with van der Waals surface area (Å²) in [5.41, 5.74) is 3.23. The second-order valence-corrected chi connectivity index (χ2v) is 7.08. The van der Waals surface area contributed by atoms with Crippen LogP contribution in [0.25, 0.3) is 0 Å². The third-order valence-electron chi connectivity index (χ3n) is 4.68. The molecule has 1 fully saturated rings. The van der Waals surface area contributed by atoms with Gasteiger partial charge in [0.1, 0.15) is 0 Å². The van der Waals surface area contributed by atoms with Crippen molar-refractivity contribution in [3.05, 3.63) is 47.0 Å². The van der Waals surface area contributed by atoms with E-state index in [1.807, 2.05) is 31.2 Å². The highest BCUT2D eigenvalue weighted by atomic mass is 16.3. The monoisotopic (exact) mass is 345 g/mol. The number of amides is 2. The Balaban J connectivity index is 1.69. The number of likely N-dealkylation sites (tertiary alicyclic amines) is 1. The van der Waals surface area contributed by atoms with E-state index < -0.39 is 6.10 Å². The summed E-state index contributed by atoms with van der Waals surface area (Å²) in [6.07, 6.45) is 3.49. The summed E-state index contributed by atoms with van der Waals surface area (Å²) in [6.45, 7) is 9.40. The van der Waals surface area contributed by atoms with Crippen LogP contribution in [0.15, 0.2) is 35.9 Å². The number of aryl methyl sites for hydroxylation is 1. The predicted molar refractivity (Wildman–Crippen MR) is 102 cm³/mol. The average Bonchev–Trinajstić information content (AvgIpc) is 2.59. The quantitative estimate of drug-likeness (QED) is 0.695. The molecule has 1 saturated heterocycles. The highest BCUT2D eigenvalue weighted by Gasteiger charge is 2.20. The Morgan fingerprint density at radius 1 is 1.32 bits per heavy atom. The number of rotatable bonds is 6. The fourth-order valence-electron chi connectivity index (χ4n) is 3.07. The minimum absolute atomic E-state index is 0.199. The summed E-state index contributed by atoms with van der Waals surface area (Å²) in [5.74, 6) is 0. The van der Waals surface area contributed by atoms with Gasteiger partial charge in [-0.1, -0.05) is 35.9 Å². The molecular formula is C20H31N3O2. The summed E-state index contributed by atoms with van der Waals surface area (Å²) in [5, 5.41) is 16.0. The molecule has 0 aliphatic carbocycles. The van der Waals surface area contributed by atoms with Gasteiger partial charge in [-0.05, 0) is 44.7 Å². The Bertz CT molecular complexity index is 588. The summed E-state index contributed by atoms with van der Waals surface area (Å²) in [4.78, 5) is 14.5. The first kappa shape index (κ1) is 19.5. The second kappa shape index (κ2) is 9.59. The molecule has 1 aliphatic rings. The average molecular weight is 345 g/mol. The molecule has 1 aromatic rings. The first-order chi connectivity index (χ1) is 12.0. The Hall–Kier alpha value is -1.85. The van der Waals surface area contributed by atoms with Gasteiger partial charge in [0.2, 0.25) is 0 Å². The lowest BCUT2D eigenvalue weighted by Gasteiger charge is -2.31. The van der Waals surface area contributed by atoms with Gasteiger partial charge in [0.25, 0.3) is 0 Å². The highest BCUT2D eigenvalue weighted by Crippen LogP contribution is 2.16. The molecule has 25 heavy (non-hydrogen) atoms. The molecule has 0 spiro atoms. The summed E-state index contributed by atoms with van der Waals surface area (Å²) in [6, 6.07) is 7.70. The summed E-state index contributed by atoms with van der Waals surface area (Å²) in [7, 11) is 0. The summed E-state index contributed by atoms with van der Waals surface area (Å²) >= 11 is 0. The van der Waals surface area contributed by atoms with E-state index in [0.29, 0.717) is 0 Å². The zero-order valence-electron chi connectivity index (χ0n) is 15.6. The Morgan fingerprint density at radius 2 is 2.00 bits per heavy atom. The number of nitrogens with zero attached hydrogens (tertiary/aromatic N) is 1. The minimum Gasteiger partial charge on any atom is -0.387 e. The minimum atomic E-state index is -0.683. The number of hydrogen-bond donors (Lipinski definition) is 3. The van der Waals surface area contributed by atoms with Crippen LogP contribution < -0.4 is 10.6 Å². The molecule has 1 aromatic carbocycles. The molecule has 0 bridgehead atoms. The maximum Gasteiger partial charge on any atom is 0.315 e. The fraction of sp³-hybridized carbons (Fsp3) is 0.550. The van der Waals surface area contributed by atoms with Crippen LogP contribution in [0.4, 0.5) is 4.79 Å². The van der Waals surface area contributed by atoms with Crippen molar-refractivity contribution in [2.45, 2.75) is 45.8 Å². The van der Waals surface area contributed by atoms with E-state index >= 15 is 0 Å². The molecule has 1 aliphatic heterocycles. The number of aliphatic hydroxyl groups is 1. The molecular weight excluding hydrogens is 314 g/mol. The van der Waals surface area contributed by atoms with Gasteiger partial charge in [-0.2, -0.15) is 0 Å². The van der Waals surface area contributed by atoms with Crippen molar-refractivity contribution >= 4 is 6.03 Å². The van der Waals surface area contributed by atoms with Crippen molar-refractivity contribution in [3.63, 3.8) is 0 Å². The maximum atomic E-state index is 12.1. The van der Waals surface area contributed by atoms with Crippen LogP contribution in [0.5, 0.6) is 0 Å². The van der Waals surface area contributed by atoms with Crippen LogP contribution in [0.2, 0.25) is 0 Å². The molecule has 1 atom stereocenters. The van der Waals surface area contributed by atoms with Gasteiger partial charge in [0.15, 0.2) is 0 Å². The third-order valence-corrected chi connectivity index (χ3v) is 4.68. The number of allylic oxidation sites excluding steroid dienone is 1. The van der Waals surface area contributed by atoms with Crippen LogP contribution in [-0.4, -0.2) is 48.3 Å². The molecule has 0 radical (unpaired) electrons. The Labute approximate surface area is 151 Å². The number of benzene rings is 1. The van der Waals surface area contributed by atoms with Crippen molar-refractivity contribution in [2.75, 3.05) is 26.2 Å². The summed E-state index contributed by atoms with van der Waals surface area (Å²) < 4.78 is 0. The standard InChI is InChI=1S/C20H31N3O2/c1-15(2)8-11-23-12-9-17(10-13-23)22-20(25)21-14-19(24)18-7-5-4-6-16(18)3/h4-8,17,19,24H,9-14H2,1-3H3,(H2,21,22,25)/t19-/m0/s1. The molecule has 0 saturated carbocycles. The highest BCUT2D eigenvalue weighted by molar-refractivity contribution is 5.74. The van der Waals surface area contributed by atoms with E-state index in [1.165, 1.54) is 5.57 Å². The van der Waals surface area contributed by atoms with Gasteiger partial charge in [-0.15, -0.1) is 0 Å². The first-order valence-corrected chi connectivity index (χ1v) is 9.09. The Morgan fingerprint density at radius 3 is 2.64 bits per heavy atom. The number of piperidine rings is 1. The van der Waals surface area contributed by atoms with Crippen LogP contribution in [0, 0.1) is 6.92 Å². The van der Waals surface area contributed by atoms with Crippen molar-refractivity contribution < 1.29 is 9.90 Å². The van der Waals surface area contributed by atoms with Gasteiger partial charge in [0.05, 0.1) is 6.10 Å². The normalized spacial score (nSPS) is 17.0. The van der Waals surface area contributed by atoms with Crippen molar-refractivity contribution in [2.24, 2.45) is 0 Å². The van der Waals surface area contributed by atoms with Gasteiger partial charge < -0.3 is 15.7 Å². The van der Waals surface area contributed by atoms with Crippen LogP contribution in [0.1, 0.15) is 43.9 Å². The van der Waals surface area contributed by atoms with Gasteiger partial charge in [-0.3, -0.25) is 4.90 Å².